The molecule has 0 unspecified atom stereocenters. The largest absolute Gasteiger partial charge is 0.382 e. The van der Waals surface area contributed by atoms with E-state index in [0.29, 0.717) is 18.1 Å². The number of nitrogens with two attached hydrogens (primary N) is 2. The summed E-state index contributed by atoms with van der Waals surface area (Å²) in [5.74, 6) is 0.541. The second-order valence-electron chi connectivity index (χ2n) is 4.73. The van der Waals surface area contributed by atoms with Gasteiger partial charge in [-0.25, -0.2) is 4.68 Å². The van der Waals surface area contributed by atoms with Crippen LogP contribution in [0.3, 0.4) is 0 Å². The lowest BCUT2D eigenvalue weighted by atomic mass is 10.3. The van der Waals surface area contributed by atoms with Gasteiger partial charge in [-0.3, -0.25) is 0 Å². The molecule has 1 aliphatic heterocycles. The summed E-state index contributed by atoms with van der Waals surface area (Å²) in [6.45, 7) is 2.33. The monoisotopic (exact) mass is 275 g/mol. The third-order valence-electron chi connectivity index (χ3n) is 2.99. The fraction of sp³-hybridized carbons (Fsp3) is 0.462. The van der Waals surface area contributed by atoms with Gasteiger partial charge in [-0.15, -0.1) is 10.2 Å². The van der Waals surface area contributed by atoms with Gasteiger partial charge in [0.25, 0.3) is 0 Å². The quantitative estimate of drug-likeness (QED) is 0.609. The van der Waals surface area contributed by atoms with E-state index in [1.807, 2.05) is 30.3 Å². The number of aryl methyl sites for hydroxylation is 1. The van der Waals surface area contributed by atoms with Crippen LogP contribution in [0.2, 0.25) is 0 Å². The van der Waals surface area contributed by atoms with E-state index in [0.717, 1.165) is 31.6 Å². The Morgan fingerprint density at radius 3 is 2.95 bits per heavy atom. The van der Waals surface area contributed by atoms with Crippen LogP contribution in [0.4, 0.5) is 11.5 Å². The van der Waals surface area contributed by atoms with Crippen molar-refractivity contribution < 1.29 is 0 Å². The van der Waals surface area contributed by atoms with Crippen LogP contribution < -0.4 is 11.5 Å². The van der Waals surface area contributed by atoms with Crippen molar-refractivity contribution in [1.29, 1.82) is 0 Å². The zero-order chi connectivity index (χ0) is 14.4. The summed E-state index contributed by atoms with van der Waals surface area (Å²) in [5, 5.41) is 12.6. The Hall–Kier alpha value is -2.15. The second kappa shape index (κ2) is 6.85. The minimum absolute atomic E-state index is 0.541. The summed E-state index contributed by atoms with van der Waals surface area (Å²) in [5.41, 5.74) is 12.9. The molecular weight excluding hydrogens is 254 g/mol. The van der Waals surface area contributed by atoms with E-state index >= 15 is 0 Å². The number of hydrogen-bond donors (Lipinski definition) is 2. The molecule has 2 rings (SSSR count). The van der Waals surface area contributed by atoms with E-state index < -0.39 is 0 Å². The van der Waals surface area contributed by atoms with Crippen molar-refractivity contribution >= 4 is 11.5 Å². The Balaban J connectivity index is 2.01. The maximum absolute atomic E-state index is 6.00. The fourth-order valence-corrected chi connectivity index (χ4v) is 1.88. The van der Waals surface area contributed by atoms with Gasteiger partial charge in [0.1, 0.15) is 17.2 Å². The summed E-state index contributed by atoms with van der Waals surface area (Å²) in [4.78, 5) is 2.04. The van der Waals surface area contributed by atoms with Crippen LogP contribution in [-0.4, -0.2) is 34.8 Å². The number of hydrogen-bond acceptors (Lipinski definition) is 6. The number of nitrogen functional groups attached to an aromatic ring is 1. The molecule has 2 heterocycles. The Bertz CT molecular complexity index is 527. The van der Waals surface area contributed by atoms with Gasteiger partial charge in [0.05, 0.1) is 6.20 Å². The van der Waals surface area contributed by atoms with Crippen molar-refractivity contribution in [2.75, 3.05) is 25.9 Å². The van der Waals surface area contributed by atoms with Crippen LogP contribution in [0.1, 0.15) is 12.8 Å². The average molecular weight is 275 g/mol. The summed E-state index contributed by atoms with van der Waals surface area (Å²) < 4.78 is 1.74. The molecule has 0 aliphatic carbocycles. The average Bonchev–Trinajstić information content (AvgIpc) is 2.78. The van der Waals surface area contributed by atoms with Crippen molar-refractivity contribution in [3.05, 3.63) is 30.2 Å². The Morgan fingerprint density at radius 2 is 2.20 bits per heavy atom. The highest BCUT2D eigenvalue weighted by Gasteiger charge is 2.07. The lowest BCUT2D eigenvalue weighted by molar-refractivity contribution is 0.499. The number of nitrogens with zero attached hydrogens (tertiary/aromatic N) is 5. The standard InChI is InChI=1S/C13H21N7/c1-19-7-4-5-11(10-19)17-18-12-9-16-20(13(12)15)8-3-2-6-14/h4-5,9-10H,2-3,6-8,14-15H2,1H3/b18-17+. The third kappa shape index (κ3) is 3.67. The summed E-state index contributed by atoms with van der Waals surface area (Å²) >= 11 is 0. The van der Waals surface area contributed by atoms with E-state index in [-0.39, 0.29) is 0 Å². The van der Waals surface area contributed by atoms with Crippen molar-refractivity contribution in [2.24, 2.45) is 16.0 Å². The molecule has 0 atom stereocenters. The van der Waals surface area contributed by atoms with E-state index in [2.05, 4.69) is 15.3 Å². The molecular formula is C13H21N7. The molecule has 0 saturated carbocycles. The fourth-order valence-electron chi connectivity index (χ4n) is 1.88. The molecule has 1 aromatic heterocycles. The Kier molecular flexibility index (Phi) is 4.89. The normalized spacial score (nSPS) is 15.1. The SMILES string of the molecule is CN1C=C(/N=N/c2cnn(CCCCN)c2N)C=CC1. The third-order valence-corrected chi connectivity index (χ3v) is 2.99. The van der Waals surface area contributed by atoms with Gasteiger partial charge in [-0.1, -0.05) is 6.08 Å². The van der Waals surface area contributed by atoms with Gasteiger partial charge in [0, 0.05) is 26.3 Å². The van der Waals surface area contributed by atoms with Crippen LogP contribution >= 0.6 is 0 Å². The molecule has 7 nitrogen and oxygen atoms in total. The number of allylic oxidation sites excluding steroid dienone is 1. The van der Waals surface area contributed by atoms with Gasteiger partial charge >= 0.3 is 0 Å². The number of azo groups is 1. The molecule has 0 aromatic carbocycles. The minimum atomic E-state index is 0.541. The van der Waals surface area contributed by atoms with Crippen molar-refractivity contribution in [3.63, 3.8) is 0 Å². The summed E-state index contributed by atoms with van der Waals surface area (Å²) in [6, 6.07) is 0. The topological polar surface area (TPSA) is 97.8 Å². The first-order valence-electron chi connectivity index (χ1n) is 6.72. The van der Waals surface area contributed by atoms with Gasteiger partial charge in [-0.2, -0.15) is 5.10 Å². The Morgan fingerprint density at radius 1 is 1.35 bits per heavy atom. The number of anilines is 1. The summed E-state index contributed by atoms with van der Waals surface area (Å²) in [6.07, 6.45) is 9.46. The van der Waals surface area contributed by atoms with Crippen molar-refractivity contribution in [1.82, 2.24) is 14.7 Å². The molecule has 0 amide bonds. The highest BCUT2D eigenvalue weighted by molar-refractivity contribution is 5.56. The second-order valence-corrected chi connectivity index (χ2v) is 4.73. The first-order valence-corrected chi connectivity index (χ1v) is 6.72. The van der Waals surface area contributed by atoms with Gasteiger partial charge < -0.3 is 16.4 Å². The highest BCUT2D eigenvalue weighted by Crippen LogP contribution is 2.23. The Labute approximate surface area is 118 Å². The first-order chi connectivity index (χ1) is 9.70. The smallest absolute Gasteiger partial charge is 0.149 e. The summed E-state index contributed by atoms with van der Waals surface area (Å²) in [7, 11) is 1.99. The van der Waals surface area contributed by atoms with E-state index in [1.54, 1.807) is 10.9 Å². The molecule has 20 heavy (non-hydrogen) atoms. The van der Waals surface area contributed by atoms with Gasteiger partial charge in [-0.05, 0) is 25.5 Å². The zero-order valence-electron chi connectivity index (χ0n) is 11.7. The lowest BCUT2D eigenvalue weighted by Crippen LogP contribution is -2.13. The molecule has 1 aliphatic rings. The van der Waals surface area contributed by atoms with Crippen LogP contribution in [0.25, 0.3) is 0 Å². The first kappa shape index (κ1) is 14.3. The number of aromatic nitrogens is 2. The number of unbranched alkanes of at least 4 members (excludes halogenated alkanes) is 1. The number of likely N-dealkylation sites (N-methyl/N-ethyl adjacent to an activating group) is 1. The van der Waals surface area contributed by atoms with E-state index in [1.165, 1.54) is 0 Å². The molecule has 108 valence electrons. The van der Waals surface area contributed by atoms with Crippen molar-refractivity contribution in [3.8, 4) is 0 Å². The van der Waals surface area contributed by atoms with Gasteiger partial charge in [0.15, 0.2) is 0 Å². The molecule has 4 N–H and O–H groups in total. The maximum Gasteiger partial charge on any atom is 0.149 e. The molecule has 1 aromatic rings. The minimum Gasteiger partial charge on any atom is -0.382 e. The zero-order valence-corrected chi connectivity index (χ0v) is 11.7. The van der Waals surface area contributed by atoms with Crippen LogP contribution in [0, 0.1) is 0 Å². The van der Waals surface area contributed by atoms with E-state index in [9.17, 15) is 0 Å². The van der Waals surface area contributed by atoms with Crippen LogP contribution in [0.15, 0.2) is 40.5 Å². The predicted octanol–water partition coefficient (Wildman–Crippen LogP) is 1.63. The van der Waals surface area contributed by atoms with E-state index in [4.69, 9.17) is 11.5 Å². The molecule has 0 spiro atoms. The lowest BCUT2D eigenvalue weighted by Gasteiger charge is -2.14. The molecule has 7 heteroatoms. The van der Waals surface area contributed by atoms with Crippen LogP contribution in [0.5, 0.6) is 0 Å². The van der Waals surface area contributed by atoms with Crippen LogP contribution in [-0.2, 0) is 6.54 Å². The number of rotatable bonds is 6. The van der Waals surface area contributed by atoms with Gasteiger partial charge in [0.2, 0.25) is 0 Å². The molecule has 0 bridgehead atoms. The molecule has 0 fully saturated rings. The molecule has 0 saturated heterocycles. The maximum atomic E-state index is 6.00. The highest BCUT2D eigenvalue weighted by atomic mass is 15.3. The van der Waals surface area contributed by atoms with Crippen molar-refractivity contribution in [2.45, 2.75) is 19.4 Å². The molecule has 0 radical (unpaired) electrons. The predicted molar refractivity (Wildman–Crippen MR) is 79.3 cm³/mol.